The summed E-state index contributed by atoms with van der Waals surface area (Å²) in [4.78, 5) is 12.7. The minimum Gasteiger partial charge on any atom is -0.406 e. The number of hydrogen-bond donors (Lipinski definition) is 1. The number of benzene rings is 1. The second-order valence-electron chi connectivity index (χ2n) is 4.31. The van der Waals surface area contributed by atoms with E-state index in [4.69, 9.17) is 5.73 Å². The molecule has 0 spiro atoms. The topological polar surface area (TPSA) is 55.6 Å². The van der Waals surface area contributed by atoms with E-state index in [9.17, 15) is 18.0 Å². The van der Waals surface area contributed by atoms with E-state index in [1.54, 1.807) is 0 Å². The highest BCUT2D eigenvalue weighted by Gasteiger charge is 2.32. The fraction of sp³-hybridized carbons (Fsp3) is 0.417. The third-order valence-corrected chi connectivity index (χ3v) is 3.03. The fourth-order valence-corrected chi connectivity index (χ4v) is 2.27. The van der Waals surface area contributed by atoms with Gasteiger partial charge in [-0.1, -0.05) is 12.1 Å². The highest BCUT2D eigenvalue weighted by atomic mass is 19.4. The predicted molar refractivity (Wildman–Crippen MR) is 61.4 cm³/mol. The number of ether oxygens (including phenoxy) is 1. The van der Waals surface area contributed by atoms with E-state index in [1.807, 2.05) is 0 Å². The van der Waals surface area contributed by atoms with Crippen LogP contribution in [0.25, 0.3) is 0 Å². The summed E-state index contributed by atoms with van der Waals surface area (Å²) in [6, 6.07) is 4.83. The summed E-state index contributed by atoms with van der Waals surface area (Å²) in [5.74, 6) is -0.278. The van der Waals surface area contributed by atoms with E-state index < -0.39 is 12.4 Å². The molecule has 1 saturated heterocycles. The van der Waals surface area contributed by atoms with Crippen molar-refractivity contribution in [3.05, 3.63) is 29.8 Å². The third-order valence-electron chi connectivity index (χ3n) is 3.03. The van der Waals surface area contributed by atoms with Crippen molar-refractivity contribution in [2.75, 3.05) is 6.54 Å². The van der Waals surface area contributed by atoms with Crippen LogP contribution in [0.2, 0.25) is 0 Å². The molecule has 2 rings (SSSR count). The Labute approximate surface area is 107 Å². The predicted octanol–water partition coefficient (Wildman–Crippen LogP) is 2.80. The molecule has 1 atom stereocenters. The van der Waals surface area contributed by atoms with E-state index in [1.165, 1.54) is 29.2 Å². The number of primary amides is 1. The van der Waals surface area contributed by atoms with E-state index in [2.05, 4.69) is 4.74 Å². The van der Waals surface area contributed by atoms with Crippen molar-refractivity contribution in [2.45, 2.75) is 25.2 Å². The Morgan fingerprint density at radius 3 is 2.47 bits per heavy atom. The first-order chi connectivity index (χ1) is 8.87. The number of carbonyl (C=O) groups is 1. The summed E-state index contributed by atoms with van der Waals surface area (Å²) in [6.07, 6.45) is -3.12. The highest BCUT2D eigenvalue weighted by molar-refractivity contribution is 5.73. The Morgan fingerprint density at radius 1 is 1.32 bits per heavy atom. The van der Waals surface area contributed by atoms with Gasteiger partial charge in [0.15, 0.2) is 0 Å². The Balaban J connectivity index is 2.12. The zero-order chi connectivity index (χ0) is 14.0. The Hall–Kier alpha value is -1.92. The molecule has 4 nitrogen and oxygen atoms in total. The quantitative estimate of drug-likeness (QED) is 0.901. The largest absolute Gasteiger partial charge is 0.573 e. The molecule has 104 valence electrons. The molecule has 1 aliphatic heterocycles. The molecule has 7 heteroatoms. The second kappa shape index (κ2) is 4.99. The number of hydrogen-bond acceptors (Lipinski definition) is 2. The van der Waals surface area contributed by atoms with Gasteiger partial charge in [-0.2, -0.15) is 0 Å². The molecular weight excluding hydrogens is 261 g/mol. The number of halogens is 3. The molecule has 1 unspecified atom stereocenters. The van der Waals surface area contributed by atoms with Crippen LogP contribution in [0.1, 0.15) is 24.4 Å². The van der Waals surface area contributed by atoms with Crippen LogP contribution in [0.5, 0.6) is 5.75 Å². The lowest BCUT2D eigenvalue weighted by Crippen LogP contribution is -2.35. The van der Waals surface area contributed by atoms with Gasteiger partial charge >= 0.3 is 12.4 Å². The first kappa shape index (κ1) is 13.5. The van der Waals surface area contributed by atoms with E-state index in [-0.39, 0.29) is 11.8 Å². The molecule has 1 heterocycles. The average molecular weight is 274 g/mol. The SMILES string of the molecule is NC(=O)N1CCCC1c1ccc(OC(F)(F)F)cc1. The Morgan fingerprint density at radius 2 is 1.95 bits per heavy atom. The smallest absolute Gasteiger partial charge is 0.406 e. The van der Waals surface area contributed by atoms with E-state index >= 15 is 0 Å². The average Bonchev–Trinajstić information content (AvgIpc) is 2.76. The molecule has 0 radical (unpaired) electrons. The van der Waals surface area contributed by atoms with Crippen LogP contribution in [0.3, 0.4) is 0 Å². The zero-order valence-electron chi connectivity index (χ0n) is 9.98. The van der Waals surface area contributed by atoms with Crippen molar-refractivity contribution >= 4 is 6.03 Å². The van der Waals surface area contributed by atoms with Gasteiger partial charge in [0.1, 0.15) is 5.75 Å². The minimum absolute atomic E-state index is 0.169. The number of urea groups is 1. The number of rotatable bonds is 2. The highest BCUT2D eigenvalue weighted by Crippen LogP contribution is 2.33. The molecule has 1 aromatic carbocycles. The molecule has 0 aromatic heterocycles. The van der Waals surface area contributed by atoms with Gasteiger partial charge in [-0.05, 0) is 30.5 Å². The van der Waals surface area contributed by atoms with Crippen LogP contribution in [0.4, 0.5) is 18.0 Å². The van der Waals surface area contributed by atoms with Crippen molar-refractivity contribution in [3.63, 3.8) is 0 Å². The molecule has 0 saturated carbocycles. The number of amides is 2. The Bertz CT molecular complexity index is 459. The van der Waals surface area contributed by atoms with Gasteiger partial charge in [0.25, 0.3) is 0 Å². The van der Waals surface area contributed by atoms with Gasteiger partial charge < -0.3 is 15.4 Å². The lowest BCUT2D eigenvalue weighted by molar-refractivity contribution is -0.274. The van der Waals surface area contributed by atoms with Crippen molar-refractivity contribution in [3.8, 4) is 5.75 Å². The molecular formula is C12H13F3N2O2. The van der Waals surface area contributed by atoms with Gasteiger partial charge in [0.05, 0.1) is 6.04 Å². The van der Waals surface area contributed by atoms with Gasteiger partial charge in [0.2, 0.25) is 0 Å². The zero-order valence-corrected chi connectivity index (χ0v) is 9.98. The summed E-state index contributed by atoms with van der Waals surface area (Å²) < 4.78 is 39.8. The maximum absolute atomic E-state index is 12.0. The standard InChI is InChI=1S/C12H13F3N2O2/c13-12(14,15)19-9-5-3-8(4-6-9)10-2-1-7-17(10)11(16)18/h3-6,10H,1-2,7H2,(H2,16,18). The van der Waals surface area contributed by atoms with Crippen molar-refractivity contribution in [2.24, 2.45) is 5.73 Å². The molecule has 1 aromatic rings. The number of alkyl halides is 3. The lowest BCUT2D eigenvalue weighted by Gasteiger charge is -2.23. The van der Waals surface area contributed by atoms with Crippen LogP contribution >= 0.6 is 0 Å². The summed E-state index contributed by atoms with van der Waals surface area (Å²) in [6.45, 7) is 0.570. The number of nitrogens with two attached hydrogens (primary N) is 1. The van der Waals surface area contributed by atoms with Crippen LogP contribution < -0.4 is 10.5 Å². The first-order valence-corrected chi connectivity index (χ1v) is 5.78. The summed E-state index contributed by atoms with van der Waals surface area (Å²) in [5.41, 5.74) is 6.01. The van der Waals surface area contributed by atoms with E-state index in [0.717, 1.165) is 18.4 Å². The van der Waals surface area contributed by atoms with Gasteiger partial charge in [-0.25, -0.2) is 4.79 Å². The lowest BCUT2D eigenvalue weighted by atomic mass is 10.0. The van der Waals surface area contributed by atoms with Gasteiger partial charge in [-0.3, -0.25) is 0 Å². The van der Waals surface area contributed by atoms with Gasteiger partial charge in [0, 0.05) is 6.54 Å². The molecule has 2 amide bonds. The summed E-state index contributed by atoms with van der Waals surface area (Å²) in [5, 5.41) is 0. The van der Waals surface area contributed by atoms with Gasteiger partial charge in [-0.15, -0.1) is 13.2 Å². The number of likely N-dealkylation sites (tertiary alicyclic amines) is 1. The molecule has 0 aliphatic carbocycles. The van der Waals surface area contributed by atoms with Crippen LogP contribution in [0, 0.1) is 0 Å². The molecule has 19 heavy (non-hydrogen) atoms. The molecule has 1 aliphatic rings. The Kier molecular flexibility index (Phi) is 3.55. The second-order valence-corrected chi connectivity index (χ2v) is 4.31. The third kappa shape index (κ3) is 3.30. The van der Waals surface area contributed by atoms with Crippen molar-refractivity contribution < 1.29 is 22.7 Å². The normalized spacial score (nSPS) is 19.5. The molecule has 1 fully saturated rings. The first-order valence-electron chi connectivity index (χ1n) is 5.78. The van der Waals surface area contributed by atoms with Crippen molar-refractivity contribution in [1.82, 2.24) is 4.90 Å². The molecule has 0 bridgehead atoms. The maximum Gasteiger partial charge on any atom is 0.573 e. The number of carbonyl (C=O) groups excluding carboxylic acids is 1. The van der Waals surface area contributed by atoms with E-state index in [0.29, 0.717) is 6.54 Å². The summed E-state index contributed by atoms with van der Waals surface area (Å²) >= 11 is 0. The maximum atomic E-state index is 12.0. The monoisotopic (exact) mass is 274 g/mol. The number of nitrogens with zero attached hydrogens (tertiary/aromatic N) is 1. The van der Waals surface area contributed by atoms with Crippen LogP contribution in [-0.4, -0.2) is 23.8 Å². The van der Waals surface area contributed by atoms with Crippen LogP contribution in [0.15, 0.2) is 24.3 Å². The fourth-order valence-electron chi connectivity index (χ4n) is 2.27. The summed E-state index contributed by atoms with van der Waals surface area (Å²) in [7, 11) is 0. The molecule has 2 N–H and O–H groups in total. The minimum atomic E-state index is -4.70. The van der Waals surface area contributed by atoms with Crippen molar-refractivity contribution in [1.29, 1.82) is 0 Å². The van der Waals surface area contributed by atoms with Crippen LogP contribution in [-0.2, 0) is 0 Å².